The van der Waals surface area contributed by atoms with Crippen LogP contribution in [0.2, 0.25) is 0 Å². The number of aryl methyl sites for hydroxylation is 2. The summed E-state index contributed by atoms with van der Waals surface area (Å²) in [6.07, 6.45) is 0. The van der Waals surface area contributed by atoms with Gasteiger partial charge in [-0.05, 0) is 44.2 Å². The summed E-state index contributed by atoms with van der Waals surface area (Å²) in [7, 11) is 1.65. The number of para-hydroxylation sites is 1. The van der Waals surface area contributed by atoms with E-state index in [1.165, 1.54) is 0 Å². The van der Waals surface area contributed by atoms with E-state index in [1.807, 2.05) is 56.3 Å². The molecule has 5 nitrogen and oxygen atoms in total. The van der Waals surface area contributed by atoms with Crippen LogP contribution in [0.1, 0.15) is 11.4 Å². The lowest BCUT2D eigenvalue weighted by Gasteiger charge is -2.08. The second kappa shape index (κ2) is 5.36. The Morgan fingerprint density at radius 3 is 2.43 bits per heavy atom. The maximum atomic E-state index is 5.35. The maximum absolute atomic E-state index is 5.35. The van der Waals surface area contributed by atoms with E-state index < -0.39 is 0 Å². The van der Waals surface area contributed by atoms with Crippen LogP contribution in [0.15, 0.2) is 42.5 Å². The number of hydrogen-bond donors (Lipinski definition) is 0. The van der Waals surface area contributed by atoms with Crippen molar-refractivity contribution < 1.29 is 4.74 Å². The van der Waals surface area contributed by atoms with Crippen molar-refractivity contribution in [1.29, 1.82) is 0 Å². The molecule has 0 fully saturated rings. The lowest BCUT2D eigenvalue weighted by atomic mass is 10.1. The zero-order valence-electron chi connectivity index (χ0n) is 12.2. The Morgan fingerprint density at radius 2 is 1.81 bits per heavy atom. The highest BCUT2D eigenvalue weighted by Gasteiger charge is 2.09. The molecule has 0 aliphatic heterocycles. The first-order chi connectivity index (χ1) is 10.2. The molecule has 3 aromatic rings. The number of ether oxygens (including phenoxy) is 1. The molecular weight excluding hydrogens is 264 g/mol. The Balaban J connectivity index is 1.99. The first-order valence-corrected chi connectivity index (χ1v) is 6.70. The van der Waals surface area contributed by atoms with Gasteiger partial charge in [-0.15, -0.1) is 10.2 Å². The molecule has 0 amide bonds. The fourth-order valence-electron chi connectivity index (χ4n) is 2.30. The molecule has 2 aromatic heterocycles. The van der Waals surface area contributed by atoms with Crippen LogP contribution >= 0.6 is 0 Å². The van der Waals surface area contributed by atoms with E-state index in [2.05, 4.69) is 15.3 Å². The summed E-state index contributed by atoms with van der Waals surface area (Å²) in [6, 6.07) is 13.6. The molecular formula is C16H16N4O. The highest BCUT2D eigenvalue weighted by atomic mass is 16.5. The van der Waals surface area contributed by atoms with Gasteiger partial charge in [0.05, 0.1) is 18.5 Å². The Morgan fingerprint density at radius 1 is 1.00 bits per heavy atom. The van der Waals surface area contributed by atoms with Gasteiger partial charge in [-0.25, -0.2) is 4.68 Å². The fourth-order valence-corrected chi connectivity index (χ4v) is 2.30. The lowest BCUT2D eigenvalue weighted by Crippen LogP contribution is -2.03. The largest absolute Gasteiger partial charge is 0.496 e. The average molecular weight is 280 g/mol. The third-order valence-electron chi connectivity index (χ3n) is 3.26. The number of nitrogens with zero attached hydrogens (tertiary/aromatic N) is 4. The Labute approximate surface area is 123 Å². The van der Waals surface area contributed by atoms with Crippen LogP contribution < -0.4 is 4.74 Å². The Bertz CT molecular complexity index is 762. The maximum Gasteiger partial charge on any atom is 0.175 e. The van der Waals surface area contributed by atoms with Crippen LogP contribution in [0.5, 0.6) is 5.75 Å². The molecule has 21 heavy (non-hydrogen) atoms. The minimum Gasteiger partial charge on any atom is -0.496 e. The van der Waals surface area contributed by atoms with E-state index in [0.717, 1.165) is 28.4 Å². The zero-order chi connectivity index (χ0) is 14.8. The van der Waals surface area contributed by atoms with Crippen LogP contribution in [0.4, 0.5) is 0 Å². The van der Waals surface area contributed by atoms with Crippen molar-refractivity contribution in [2.45, 2.75) is 13.8 Å². The van der Waals surface area contributed by atoms with Crippen molar-refractivity contribution in [3.8, 4) is 22.8 Å². The van der Waals surface area contributed by atoms with Crippen molar-refractivity contribution in [3.05, 3.63) is 53.9 Å². The third kappa shape index (κ3) is 2.50. The summed E-state index contributed by atoms with van der Waals surface area (Å²) in [5.74, 6) is 1.49. The molecule has 0 aliphatic carbocycles. The smallest absolute Gasteiger partial charge is 0.175 e. The highest BCUT2D eigenvalue weighted by Crippen LogP contribution is 2.27. The second-order valence-electron chi connectivity index (χ2n) is 4.82. The normalized spacial score (nSPS) is 10.6. The second-order valence-corrected chi connectivity index (χ2v) is 4.82. The standard InChI is InChI=1S/C16H16N4O/c1-11-10-12(2)20(19-11)16-9-8-14(17-18-16)13-6-4-5-7-15(13)21-3/h4-10H,1-3H3. The minimum atomic E-state index is 0.708. The molecule has 106 valence electrons. The first kappa shape index (κ1) is 13.3. The molecule has 1 aromatic carbocycles. The molecule has 0 aliphatic rings. The van der Waals surface area contributed by atoms with Crippen LogP contribution in [-0.4, -0.2) is 27.1 Å². The zero-order valence-corrected chi connectivity index (χ0v) is 12.2. The average Bonchev–Trinajstić information content (AvgIpc) is 2.86. The molecule has 2 heterocycles. The summed E-state index contributed by atoms with van der Waals surface area (Å²) < 4.78 is 7.14. The summed E-state index contributed by atoms with van der Waals surface area (Å²) in [4.78, 5) is 0. The molecule has 0 unspecified atom stereocenters. The number of hydrogen-bond acceptors (Lipinski definition) is 4. The van der Waals surface area contributed by atoms with Crippen molar-refractivity contribution >= 4 is 0 Å². The summed E-state index contributed by atoms with van der Waals surface area (Å²) >= 11 is 0. The summed E-state index contributed by atoms with van der Waals surface area (Å²) in [5, 5.41) is 13.0. The van der Waals surface area contributed by atoms with E-state index in [-0.39, 0.29) is 0 Å². The molecule has 0 saturated heterocycles. The monoisotopic (exact) mass is 280 g/mol. The van der Waals surface area contributed by atoms with E-state index in [4.69, 9.17) is 4.74 Å². The van der Waals surface area contributed by atoms with E-state index in [9.17, 15) is 0 Å². The SMILES string of the molecule is COc1ccccc1-c1ccc(-n2nc(C)cc2C)nn1. The Kier molecular flexibility index (Phi) is 3.39. The molecule has 0 radical (unpaired) electrons. The van der Waals surface area contributed by atoms with Gasteiger partial charge in [0.1, 0.15) is 5.75 Å². The first-order valence-electron chi connectivity index (χ1n) is 6.70. The van der Waals surface area contributed by atoms with Crippen LogP contribution in [0.25, 0.3) is 17.1 Å². The topological polar surface area (TPSA) is 52.8 Å². The minimum absolute atomic E-state index is 0.708. The quantitative estimate of drug-likeness (QED) is 0.740. The number of aromatic nitrogens is 4. The number of methoxy groups -OCH3 is 1. The van der Waals surface area contributed by atoms with Crippen molar-refractivity contribution in [1.82, 2.24) is 20.0 Å². The van der Waals surface area contributed by atoms with Crippen LogP contribution in [0.3, 0.4) is 0 Å². The van der Waals surface area contributed by atoms with Gasteiger partial charge in [0.15, 0.2) is 5.82 Å². The molecule has 0 saturated carbocycles. The van der Waals surface area contributed by atoms with Crippen molar-refractivity contribution in [2.24, 2.45) is 0 Å². The third-order valence-corrected chi connectivity index (χ3v) is 3.26. The molecule has 0 atom stereocenters. The number of benzene rings is 1. The van der Waals surface area contributed by atoms with Gasteiger partial charge in [-0.3, -0.25) is 0 Å². The molecule has 5 heteroatoms. The van der Waals surface area contributed by atoms with Gasteiger partial charge in [-0.2, -0.15) is 5.10 Å². The van der Waals surface area contributed by atoms with E-state index in [0.29, 0.717) is 5.82 Å². The summed E-state index contributed by atoms with van der Waals surface area (Å²) in [6.45, 7) is 3.95. The van der Waals surface area contributed by atoms with E-state index in [1.54, 1.807) is 11.8 Å². The van der Waals surface area contributed by atoms with Crippen molar-refractivity contribution in [3.63, 3.8) is 0 Å². The van der Waals surface area contributed by atoms with Crippen molar-refractivity contribution in [2.75, 3.05) is 7.11 Å². The van der Waals surface area contributed by atoms with Gasteiger partial charge < -0.3 is 4.74 Å². The Hall–Kier alpha value is -2.69. The predicted molar refractivity (Wildman–Crippen MR) is 80.6 cm³/mol. The van der Waals surface area contributed by atoms with Crippen LogP contribution in [0, 0.1) is 13.8 Å². The molecule has 0 bridgehead atoms. The predicted octanol–water partition coefficient (Wildman–Crippen LogP) is 2.95. The molecule has 0 N–H and O–H groups in total. The van der Waals surface area contributed by atoms with Gasteiger partial charge in [0.2, 0.25) is 0 Å². The van der Waals surface area contributed by atoms with Gasteiger partial charge in [-0.1, -0.05) is 12.1 Å². The molecule has 0 spiro atoms. The van der Waals surface area contributed by atoms with Gasteiger partial charge in [0.25, 0.3) is 0 Å². The lowest BCUT2D eigenvalue weighted by molar-refractivity contribution is 0.416. The van der Waals surface area contributed by atoms with E-state index >= 15 is 0 Å². The van der Waals surface area contributed by atoms with Crippen LogP contribution in [-0.2, 0) is 0 Å². The van der Waals surface area contributed by atoms with Gasteiger partial charge in [0, 0.05) is 11.3 Å². The summed E-state index contributed by atoms with van der Waals surface area (Å²) in [5.41, 5.74) is 3.69. The molecule has 3 rings (SSSR count). The number of rotatable bonds is 3. The highest BCUT2D eigenvalue weighted by molar-refractivity contribution is 5.66. The van der Waals surface area contributed by atoms with Gasteiger partial charge >= 0.3 is 0 Å². The fraction of sp³-hybridized carbons (Fsp3) is 0.188.